The summed E-state index contributed by atoms with van der Waals surface area (Å²) in [5.41, 5.74) is 0.781. The summed E-state index contributed by atoms with van der Waals surface area (Å²) in [5.74, 6) is -0.163. The van der Waals surface area contributed by atoms with Gasteiger partial charge in [-0.3, -0.25) is 9.78 Å². The van der Waals surface area contributed by atoms with E-state index in [1.165, 1.54) is 22.8 Å². The van der Waals surface area contributed by atoms with Gasteiger partial charge in [-0.2, -0.15) is 9.48 Å². The van der Waals surface area contributed by atoms with Crippen LogP contribution < -0.4 is 0 Å². The van der Waals surface area contributed by atoms with E-state index in [-0.39, 0.29) is 12.5 Å². The molecule has 22 heavy (non-hydrogen) atoms. The Morgan fingerprint density at radius 1 is 1.41 bits per heavy atom. The van der Waals surface area contributed by atoms with Crippen LogP contribution >= 0.6 is 0 Å². The number of urea groups is 1. The van der Waals surface area contributed by atoms with E-state index in [1.54, 1.807) is 31.6 Å². The Hall–Kier alpha value is -2.83. The number of amides is 3. The van der Waals surface area contributed by atoms with Gasteiger partial charge in [0.2, 0.25) is 0 Å². The molecule has 0 spiro atoms. The largest absolute Gasteiger partial charge is 0.499 e. The first-order chi connectivity index (χ1) is 10.6. The van der Waals surface area contributed by atoms with E-state index in [9.17, 15) is 9.59 Å². The highest BCUT2D eigenvalue weighted by atomic mass is 16.5. The number of methoxy groups -OCH3 is 1. The van der Waals surface area contributed by atoms with Crippen LogP contribution in [0.15, 0.2) is 41.4 Å². The van der Waals surface area contributed by atoms with Gasteiger partial charge < -0.3 is 4.74 Å². The highest BCUT2D eigenvalue weighted by Crippen LogP contribution is 2.25. The minimum atomic E-state index is -0.686. The number of hydrogen-bond donors (Lipinski definition) is 0. The number of fused-ring (bicyclic) bond motifs is 1. The summed E-state index contributed by atoms with van der Waals surface area (Å²) in [7, 11) is 3.10. The molecule has 1 aromatic heterocycles. The van der Waals surface area contributed by atoms with Crippen LogP contribution in [-0.4, -0.2) is 52.6 Å². The van der Waals surface area contributed by atoms with E-state index in [0.717, 1.165) is 5.56 Å². The zero-order valence-corrected chi connectivity index (χ0v) is 12.3. The number of allylic oxidation sites excluding steroid dienone is 1. The number of rotatable bonds is 3. The second-order valence-electron chi connectivity index (χ2n) is 4.97. The zero-order valence-electron chi connectivity index (χ0n) is 12.3. The number of ether oxygens (including phenoxy) is 1. The topological polar surface area (TPSA) is 74.9 Å². The normalized spacial score (nSPS) is 20.9. The van der Waals surface area contributed by atoms with Gasteiger partial charge in [0.05, 0.1) is 14.2 Å². The lowest BCUT2D eigenvalue weighted by molar-refractivity contribution is -0.409. The minimum absolute atomic E-state index is 0.167. The molecule has 0 radical (unpaired) electrons. The maximum absolute atomic E-state index is 12.7. The molecule has 0 saturated carbocycles. The van der Waals surface area contributed by atoms with Gasteiger partial charge in [-0.05, 0) is 6.07 Å². The lowest BCUT2D eigenvalue weighted by Gasteiger charge is -2.27. The first-order valence-electron chi connectivity index (χ1n) is 6.76. The van der Waals surface area contributed by atoms with Gasteiger partial charge in [-0.1, -0.05) is 6.07 Å². The van der Waals surface area contributed by atoms with E-state index < -0.39 is 11.9 Å². The molecule has 1 atom stereocenters. The van der Waals surface area contributed by atoms with Crippen molar-refractivity contribution in [2.45, 2.75) is 6.54 Å². The number of carbonyl (C=O) groups excluding carboxylic acids is 2. The molecule has 112 valence electrons. The van der Waals surface area contributed by atoms with Crippen LogP contribution in [0, 0.1) is 5.92 Å². The molecular weight excluding hydrogens is 284 g/mol. The number of dihydropyridines is 1. The predicted molar refractivity (Wildman–Crippen MR) is 78.4 cm³/mol. The molecule has 1 aromatic rings. The number of carbonyl (C=O) groups is 2. The highest BCUT2D eigenvalue weighted by Gasteiger charge is 2.49. The Balaban J connectivity index is 1.99. The zero-order chi connectivity index (χ0) is 15.7. The Kier molecular flexibility index (Phi) is 3.54. The van der Waals surface area contributed by atoms with E-state index in [2.05, 4.69) is 9.98 Å². The van der Waals surface area contributed by atoms with Crippen molar-refractivity contribution < 1.29 is 18.9 Å². The number of pyridine rings is 1. The van der Waals surface area contributed by atoms with Gasteiger partial charge in [0, 0.05) is 24.0 Å². The van der Waals surface area contributed by atoms with Crippen LogP contribution in [0.25, 0.3) is 0 Å². The quantitative estimate of drug-likeness (QED) is 0.774. The van der Waals surface area contributed by atoms with Crippen molar-refractivity contribution in [2.24, 2.45) is 10.9 Å². The van der Waals surface area contributed by atoms with Gasteiger partial charge in [-0.15, -0.1) is 4.99 Å². The third-order valence-electron chi connectivity index (χ3n) is 3.66. The van der Waals surface area contributed by atoms with Gasteiger partial charge in [0.1, 0.15) is 18.5 Å². The van der Waals surface area contributed by atoms with Crippen LogP contribution in [0.4, 0.5) is 4.79 Å². The van der Waals surface area contributed by atoms with Crippen LogP contribution in [0.1, 0.15) is 5.56 Å². The summed E-state index contributed by atoms with van der Waals surface area (Å²) in [6, 6.07) is 3.18. The molecule has 0 N–H and O–H groups in total. The van der Waals surface area contributed by atoms with E-state index in [4.69, 9.17) is 4.74 Å². The molecule has 3 rings (SSSR count). The molecule has 2 aliphatic heterocycles. The summed E-state index contributed by atoms with van der Waals surface area (Å²) in [5, 5.41) is 0. The summed E-state index contributed by atoms with van der Waals surface area (Å²) in [6.07, 6.45) is 6.44. The molecule has 0 aliphatic carbocycles. The molecule has 0 bridgehead atoms. The second kappa shape index (κ2) is 5.51. The third kappa shape index (κ3) is 2.20. The highest BCUT2D eigenvalue weighted by molar-refractivity contribution is 6.15. The maximum Gasteiger partial charge on any atom is 0.445 e. The number of hydrogen-bond acceptors (Lipinski definition) is 5. The van der Waals surface area contributed by atoms with Gasteiger partial charge in [0.25, 0.3) is 5.84 Å². The van der Waals surface area contributed by atoms with E-state index >= 15 is 0 Å². The molecule has 1 unspecified atom stereocenters. The molecular formula is C15H15N4O3+. The van der Waals surface area contributed by atoms with Crippen molar-refractivity contribution in [1.29, 1.82) is 0 Å². The van der Waals surface area contributed by atoms with Gasteiger partial charge in [0.15, 0.2) is 5.92 Å². The fraction of sp³-hybridized carbons (Fsp3) is 0.267. The average molecular weight is 299 g/mol. The number of imide groups is 1. The first-order valence-corrected chi connectivity index (χ1v) is 6.76. The standard InChI is InChI=1S/C15H15N4O3/c1-18-13-12(11(22-2)5-7-17-13)14(20)19(15(18)21)9-10-4-3-6-16-8-10/h3-8,12H,9H2,1-2H3/q+1. The van der Waals surface area contributed by atoms with Crippen LogP contribution in [-0.2, 0) is 16.1 Å². The van der Waals surface area contributed by atoms with E-state index in [1.807, 2.05) is 6.07 Å². The SMILES string of the molecule is COC1=CC=NC2=[N+](C)C(=O)N(Cc3cccnc3)C(=O)C12. The lowest BCUT2D eigenvalue weighted by atomic mass is 9.99. The summed E-state index contributed by atoms with van der Waals surface area (Å²) in [6.45, 7) is 0.167. The Morgan fingerprint density at radius 2 is 2.23 bits per heavy atom. The lowest BCUT2D eigenvalue weighted by Crippen LogP contribution is -2.54. The number of aromatic nitrogens is 1. The van der Waals surface area contributed by atoms with E-state index in [0.29, 0.717) is 11.6 Å². The van der Waals surface area contributed by atoms with Crippen molar-refractivity contribution in [2.75, 3.05) is 14.2 Å². The van der Waals surface area contributed by atoms with Crippen molar-refractivity contribution in [3.8, 4) is 0 Å². The smallest absolute Gasteiger partial charge is 0.445 e. The molecule has 3 heterocycles. The summed E-state index contributed by atoms with van der Waals surface area (Å²) >= 11 is 0. The minimum Gasteiger partial charge on any atom is -0.499 e. The molecule has 3 amide bonds. The summed E-state index contributed by atoms with van der Waals surface area (Å²) in [4.78, 5) is 34.5. The molecule has 0 aromatic carbocycles. The summed E-state index contributed by atoms with van der Waals surface area (Å²) < 4.78 is 6.64. The fourth-order valence-electron chi connectivity index (χ4n) is 2.53. The molecule has 7 heteroatoms. The number of nitrogens with zero attached hydrogens (tertiary/aromatic N) is 4. The third-order valence-corrected chi connectivity index (χ3v) is 3.66. The Morgan fingerprint density at radius 3 is 2.91 bits per heavy atom. The second-order valence-corrected chi connectivity index (χ2v) is 4.97. The fourth-order valence-corrected chi connectivity index (χ4v) is 2.53. The monoisotopic (exact) mass is 299 g/mol. The Labute approximate surface area is 127 Å². The van der Waals surface area contributed by atoms with Crippen LogP contribution in [0.5, 0.6) is 0 Å². The maximum atomic E-state index is 12.7. The molecule has 2 aliphatic rings. The Bertz CT molecular complexity index is 722. The first kappa shape index (κ1) is 14.1. The molecule has 0 saturated heterocycles. The number of aliphatic imine (C=N–C) groups is 1. The van der Waals surface area contributed by atoms with Gasteiger partial charge in [-0.25, -0.2) is 4.79 Å². The van der Waals surface area contributed by atoms with Crippen molar-refractivity contribution in [1.82, 2.24) is 9.88 Å². The van der Waals surface area contributed by atoms with Gasteiger partial charge >= 0.3 is 11.9 Å². The van der Waals surface area contributed by atoms with Crippen LogP contribution in [0.2, 0.25) is 0 Å². The average Bonchev–Trinajstić information content (AvgIpc) is 2.57. The van der Waals surface area contributed by atoms with Crippen molar-refractivity contribution >= 4 is 24.0 Å². The number of amidine groups is 1. The van der Waals surface area contributed by atoms with Crippen LogP contribution in [0.3, 0.4) is 0 Å². The van der Waals surface area contributed by atoms with Crippen molar-refractivity contribution in [3.63, 3.8) is 0 Å². The van der Waals surface area contributed by atoms with Crippen molar-refractivity contribution in [3.05, 3.63) is 41.9 Å². The molecule has 7 nitrogen and oxygen atoms in total. The molecule has 0 fully saturated rings. The predicted octanol–water partition coefficient (Wildman–Crippen LogP) is 0.816.